The molecule has 2 aliphatic rings. The Bertz CT molecular complexity index is 1010. The molecule has 0 bridgehead atoms. The van der Waals surface area contributed by atoms with E-state index in [4.69, 9.17) is 10.5 Å². The van der Waals surface area contributed by atoms with Crippen LogP contribution in [0.5, 0.6) is 5.75 Å². The van der Waals surface area contributed by atoms with Crippen LogP contribution in [0.2, 0.25) is 0 Å². The van der Waals surface area contributed by atoms with E-state index in [1.807, 2.05) is 18.3 Å². The van der Waals surface area contributed by atoms with Crippen molar-refractivity contribution in [1.82, 2.24) is 24.4 Å². The summed E-state index contributed by atoms with van der Waals surface area (Å²) < 4.78 is 8.50. The van der Waals surface area contributed by atoms with E-state index in [0.29, 0.717) is 0 Å². The minimum atomic E-state index is 0.0312. The summed E-state index contributed by atoms with van der Waals surface area (Å²) in [5, 5.41) is 8.77. The van der Waals surface area contributed by atoms with Crippen LogP contribution in [0.15, 0.2) is 42.6 Å². The molecule has 2 aromatic heterocycles. The van der Waals surface area contributed by atoms with Crippen LogP contribution < -0.4 is 10.5 Å². The van der Waals surface area contributed by atoms with E-state index in [9.17, 15) is 0 Å². The summed E-state index contributed by atoms with van der Waals surface area (Å²) in [4.78, 5) is 4.88. The number of hydrogen-bond acceptors (Lipinski definition) is 6. The molecule has 30 heavy (non-hydrogen) atoms. The quantitative estimate of drug-likeness (QED) is 0.702. The third-order valence-electron chi connectivity index (χ3n) is 6.45. The maximum absolute atomic E-state index is 6.42. The largest absolute Gasteiger partial charge is 0.484 e. The highest BCUT2D eigenvalue weighted by Gasteiger charge is 2.26. The summed E-state index contributed by atoms with van der Waals surface area (Å²) in [5.41, 5.74) is 9.57. The Hall–Kier alpha value is -2.48. The van der Waals surface area contributed by atoms with Crippen molar-refractivity contribution in [3.8, 4) is 5.75 Å². The molecular formula is C23H30N6O. The van der Waals surface area contributed by atoms with Crippen molar-refractivity contribution in [3.05, 3.63) is 59.5 Å². The molecule has 2 unspecified atom stereocenters. The van der Waals surface area contributed by atoms with E-state index in [0.717, 1.165) is 69.2 Å². The molecule has 1 aliphatic carbocycles. The van der Waals surface area contributed by atoms with E-state index in [1.165, 1.54) is 11.1 Å². The molecule has 3 aromatic rings. The summed E-state index contributed by atoms with van der Waals surface area (Å²) in [6.07, 6.45) is 4.81. The number of pyridine rings is 1. The highest BCUT2D eigenvalue weighted by molar-refractivity contribution is 5.42. The zero-order valence-electron chi connectivity index (χ0n) is 17.6. The normalized spacial score (nSPS) is 22.9. The zero-order chi connectivity index (χ0) is 20.5. The average Bonchev–Trinajstić information content (AvgIpc) is 3.18. The van der Waals surface area contributed by atoms with Crippen LogP contribution in [-0.2, 0) is 6.42 Å². The summed E-state index contributed by atoms with van der Waals surface area (Å²) in [6, 6.07) is 12.5. The smallest absolute Gasteiger partial charge is 0.161 e. The van der Waals surface area contributed by atoms with Crippen LogP contribution in [0.25, 0.3) is 5.65 Å². The van der Waals surface area contributed by atoms with E-state index >= 15 is 0 Å². The van der Waals surface area contributed by atoms with Gasteiger partial charge in [0.1, 0.15) is 17.7 Å². The molecule has 7 nitrogen and oxygen atoms in total. The molecule has 5 rings (SSSR count). The van der Waals surface area contributed by atoms with Gasteiger partial charge in [-0.15, -0.1) is 10.2 Å². The molecule has 0 spiro atoms. The minimum absolute atomic E-state index is 0.0312. The van der Waals surface area contributed by atoms with Gasteiger partial charge in [-0.05, 0) is 43.1 Å². The van der Waals surface area contributed by atoms with Gasteiger partial charge in [0.15, 0.2) is 5.65 Å². The fourth-order valence-corrected chi connectivity index (χ4v) is 4.56. The Balaban J connectivity index is 1.32. The van der Waals surface area contributed by atoms with Gasteiger partial charge >= 0.3 is 0 Å². The van der Waals surface area contributed by atoms with Crippen LogP contribution in [-0.4, -0.2) is 64.2 Å². The van der Waals surface area contributed by atoms with Gasteiger partial charge in [-0.2, -0.15) is 0 Å². The second-order valence-electron chi connectivity index (χ2n) is 8.52. The Morgan fingerprint density at radius 1 is 1.00 bits per heavy atom. The molecular weight excluding hydrogens is 376 g/mol. The Kier molecular flexibility index (Phi) is 5.41. The molecule has 2 atom stereocenters. The number of nitrogens with two attached hydrogens (primary N) is 1. The molecule has 1 aliphatic heterocycles. The maximum Gasteiger partial charge on any atom is 0.161 e. The van der Waals surface area contributed by atoms with Crippen molar-refractivity contribution in [1.29, 1.82) is 0 Å². The van der Waals surface area contributed by atoms with Gasteiger partial charge in [-0.3, -0.25) is 4.40 Å². The SMILES string of the molecule is CN1CCN(CCc2nnc3ccc(OC4CCC(N)c5ccccc54)cn23)CC1. The third kappa shape index (κ3) is 3.93. The standard InChI is InChI=1S/C23H30N6O/c1-27-12-14-28(15-13-27)11-10-23-26-25-22-9-6-17(16-29(22)23)30-21-8-7-20(24)18-4-2-3-5-19(18)21/h2-6,9,16,20-21H,7-8,10-15,24H2,1H3. The number of nitrogens with zero attached hydrogens (tertiary/aromatic N) is 5. The summed E-state index contributed by atoms with van der Waals surface area (Å²) in [5.74, 6) is 1.83. The van der Waals surface area contributed by atoms with Gasteiger partial charge < -0.3 is 20.3 Å². The molecule has 3 heterocycles. The minimum Gasteiger partial charge on any atom is -0.484 e. The average molecular weight is 407 g/mol. The fraction of sp³-hybridized carbons (Fsp3) is 0.478. The number of benzene rings is 1. The lowest BCUT2D eigenvalue weighted by atomic mass is 9.86. The van der Waals surface area contributed by atoms with Gasteiger partial charge in [-0.25, -0.2) is 0 Å². The highest BCUT2D eigenvalue weighted by atomic mass is 16.5. The van der Waals surface area contributed by atoms with Crippen molar-refractivity contribution in [2.24, 2.45) is 5.73 Å². The van der Waals surface area contributed by atoms with Gasteiger partial charge in [0, 0.05) is 45.2 Å². The lowest BCUT2D eigenvalue weighted by Gasteiger charge is -2.32. The van der Waals surface area contributed by atoms with Crippen molar-refractivity contribution < 1.29 is 4.74 Å². The van der Waals surface area contributed by atoms with Crippen LogP contribution in [0, 0.1) is 0 Å². The molecule has 2 N–H and O–H groups in total. The molecule has 0 saturated carbocycles. The molecule has 1 fully saturated rings. The van der Waals surface area contributed by atoms with Crippen molar-refractivity contribution in [2.45, 2.75) is 31.4 Å². The first-order chi connectivity index (χ1) is 14.7. The molecule has 7 heteroatoms. The van der Waals surface area contributed by atoms with Gasteiger partial charge in [0.2, 0.25) is 0 Å². The van der Waals surface area contributed by atoms with Crippen LogP contribution in [0.1, 0.15) is 41.9 Å². The van der Waals surface area contributed by atoms with E-state index in [2.05, 4.69) is 55.7 Å². The van der Waals surface area contributed by atoms with Gasteiger partial charge in [-0.1, -0.05) is 24.3 Å². The summed E-state index contributed by atoms with van der Waals surface area (Å²) >= 11 is 0. The van der Waals surface area contributed by atoms with E-state index < -0.39 is 0 Å². The number of ether oxygens (including phenoxy) is 1. The predicted octanol–water partition coefficient (Wildman–Crippen LogP) is 2.43. The summed E-state index contributed by atoms with van der Waals surface area (Å²) in [6.45, 7) is 5.50. The van der Waals surface area contributed by atoms with Gasteiger partial charge in [0.05, 0.1) is 6.20 Å². The summed E-state index contributed by atoms with van der Waals surface area (Å²) in [7, 11) is 2.18. The van der Waals surface area contributed by atoms with Crippen LogP contribution in [0.3, 0.4) is 0 Å². The number of aromatic nitrogens is 3. The van der Waals surface area contributed by atoms with E-state index in [-0.39, 0.29) is 12.1 Å². The molecule has 0 amide bonds. The first-order valence-corrected chi connectivity index (χ1v) is 10.9. The number of piperazine rings is 1. The number of hydrogen-bond donors (Lipinski definition) is 1. The molecule has 1 saturated heterocycles. The van der Waals surface area contributed by atoms with Crippen molar-refractivity contribution >= 4 is 5.65 Å². The zero-order valence-corrected chi connectivity index (χ0v) is 17.6. The molecule has 1 aromatic carbocycles. The van der Waals surface area contributed by atoms with Crippen LogP contribution >= 0.6 is 0 Å². The lowest BCUT2D eigenvalue weighted by Crippen LogP contribution is -2.45. The first-order valence-electron chi connectivity index (χ1n) is 10.9. The number of rotatable bonds is 5. The lowest BCUT2D eigenvalue weighted by molar-refractivity contribution is 0.155. The molecule has 0 radical (unpaired) electrons. The second kappa shape index (κ2) is 8.34. The number of likely N-dealkylation sites (N-methyl/N-ethyl adjacent to an activating group) is 1. The maximum atomic E-state index is 6.42. The van der Waals surface area contributed by atoms with Crippen molar-refractivity contribution in [2.75, 3.05) is 39.8 Å². The topological polar surface area (TPSA) is 71.9 Å². The van der Waals surface area contributed by atoms with Gasteiger partial charge in [0.25, 0.3) is 0 Å². The monoisotopic (exact) mass is 406 g/mol. The number of fused-ring (bicyclic) bond motifs is 2. The fourth-order valence-electron chi connectivity index (χ4n) is 4.56. The predicted molar refractivity (Wildman–Crippen MR) is 117 cm³/mol. The Labute approximate surface area is 177 Å². The Morgan fingerprint density at radius 2 is 1.80 bits per heavy atom. The van der Waals surface area contributed by atoms with Crippen molar-refractivity contribution in [3.63, 3.8) is 0 Å². The Morgan fingerprint density at radius 3 is 2.63 bits per heavy atom. The van der Waals surface area contributed by atoms with E-state index in [1.54, 1.807) is 0 Å². The highest BCUT2D eigenvalue weighted by Crippen LogP contribution is 2.37. The third-order valence-corrected chi connectivity index (χ3v) is 6.45. The van der Waals surface area contributed by atoms with Crippen LogP contribution in [0.4, 0.5) is 0 Å². The first kappa shape index (κ1) is 19.5. The second-order valence-corrected chi connectivity index (χ2v) is 8.52. The molecule has 158 valence electrons.